The van der Waals surface area contributed by atoms with Crippen molar-refractivity contribution in [2.24, 2.45) is 0 Å². The number of halogens is 3. The highest BCUT2D eigenvalue weighted by Crippen LogP contribution is 2.38. The average molecular weight is 549 g/mol. The number of amides is 1. The summed E-state index contributed by atoms with van der Waals surface area (Å²) in [5.74, 6) is 0.264. The third kappa shape index (κ3) is 5.23. The van der Waals surface area contributed by atoms with Crippen LogP contribution in [0.25, 0.3) is 16.7 Å². The first kappa shape index (κ1) is 26.5. The van der Waals surface area contributed by atoms with Crippen molar-refractivity contribution in [3.8, 4) is 17.2 Å². The van der Waals surface area contributed by atoms with Crippen LogP contribution in [0, 0.1) is 6.92 Å². The molecule has 0 radical (unpaired) electrons. The summed E-state index contributed by atoms with van der Waals surface area (Å²) < 4.78 is 51.9. The number of carbonyl (C=O) groups excluding carboxylic acids is 1. The summed E-state index contributed by atoms with van der Waals surface area (Å²) in [6.45, 7) is 1.85. The lowest BCUT2D eigenvalue weighted by molar-refractivity contribution is -0.138. The molecule has 2 aromatic heterocycles. The van der Waals surface area contributed by atoms with Gasteiger partial charge in [-0.15, -0.1) is 0 Å². The minimum atomic E-state index is -4.64. The normalized spacial score (nSPS) is 11.3. The number of nitrogens with one attached hydrogen (secondary N) is 2. The number of aryl methyl sites for hydroxylation is 1. The van der Waals surface area contributed by atoms with Gasteiger partial charge in [-0.1, -0.05) is 6.07 Å². The number of benzene rings is 3. The Morgan fingerprint density at radius 1 is 0.950 bits per heavy atom. The van der Waals surface area contributed by atoms with E-state index in [-0.39, 0.29) is 17.0 Å². The molecule has 0 aliphatic heterocycles. The van der Waals surface area contributed by atoms with Gasteiger partial charge in [-0.05, 0) is 67.1 Å². The summed E-state index contributed by atoms with van der Waals surface area (Å²) in [6, 6.07) is 15.6. The smallest absolute Gasteiger partial charge is 0.420 e. The first-order chi connectivity index (χ1) is 19.2. The molecule has 0 saturated heterocycles. The lowest BCUT2D eigenvalue weighted by atomic mass is 10.1. The number of rotatable bonds is 7. The lowest BCUT2D eigenvalue weighted by Gasteiger charge is -2.15. The third-order valence-corrected chi connectivity index (χ3v) is 6.20. The van der Waals surface area contributed by atoms with Crippen LogP contribution in [0.4, 0.5) is 30.4 Å². The van der Waals surface area contributed by atoms with Gasteiger partial charge in [-0.3, -0.25) is 4.79 Å². The fourth-order valence-electron chi connectivity index (χ4n) is 4.09. The number of anilines is 3. The first-order valence-electron chi connectivity index (χ1n) is 12.0. The summed E-state index contributed by atoms with van der Waals surface area (Å²) in [5, 5.41) is 10.9. The Hall–Kier alpha value is -5.13. The van der Waals surface area contributed by atoms with Crippen molar-refractivity contribution in [1.82, 2.24) is 19.7 Å². The highest BCUT2D eigenvalue weighted by Gasteiger charge is 2.34. The summed E-state index contributed by atoms with van der Waals surface area (Å²) in [7, 11) is 2.74. The van der Waals surface area contributed by atoms with E-state index in [0.717, 1.165) is 30.5 Å². The molecule has 2 heterocycles. The molecule has 0 saturated carbocycles. The number of aromatic nitrogens is 4. The monoisotopic (exact) mass is 548 g/mol. The van der Waals surface area contributed by atoms with Gasteiger partial charge in [0.05, 0.1) is 37.1 Å². The van der Waals surface area contributed by atoms with Gasteiger partial charge in [0.2, 0.25) is 0 Å². The Kier molecular flexibility index (Phi) is 6.99. The quantitative estimate of drug-likeness (QED) is 0.251. The van der Waals surface area contributed by atoms with Gasteiger partial charge in [-0.2, -0.15) is 18.3 Å². The van der Waals surface area contributed by atoms with Crippen molar-refractivity contribution in [3.63, 3.8) is 0 Å². The maximum atomic E-state index is 13.4. The van der Waals surface area contributed by atoms with E-state index < -0.39 is 17.6 Å². The molecule has 5 aromatic rings. The van der Waals surface area contributed by atoms with Crippen LogP contribution in [0.5, 0.6) is 11.5 Å². The topological polar surface area (TPSA) is 103 Å². The summed E-state index contributed by atoms with van der Waals surface area (Å²) in [4.78, 5) is 21.7. The largest absolute Gasteiger partial charge is 0.497 e. The minimum absolute atomic E-state index is 0.0170. The van der Waals surface area contributed by atoms with Crippen LogP contribution in [0.3, 0.4) is 0 Å². The van der Waals surface area contributed by atoms with Gasteiger partial charge in [0.1, 0.15) is 23.6 Å². The average Bonchev–Trinajstić information content (AvgIpc) is 3.39. The van der Waals surface area contributed by atoms with Crippen molar-refractivity contribution in [3.05, 3.63) is 89.9 Å². The van der Waals surface area contributed by atoms with E-state index in [9.17, 15) is 18.0 Å². The molecule has 0 spiro atoms. The highest BCUT2D eigenvalue weighted by atomic mass is 19.4. The van der Waals surface area contributed by atoms with Gasteiger partial charge in [-0.25, -0.2) is 14.6 Å². The number of fused-ring (bicyclic) bond motifs is 1. The van der Waals surface area contributed by atoms with Crippen molar-refractivity contribution in [1.29, 1.82) is 0 Å². The predicted molar refractivity (Wildman–Crippen MR) is 144 cm³/mol. The Labute approximate surface area is 226 Å². The fraction of sp³-hybridized carbons (Fsp3) is 0.143. The van der Waals surface area contributed by atoms with Crippen molar-refractivity contribution in [2.45, 2.75) is 13.1 Å². The molecule has 0 bridgehead atoms. The number of ether oxygens (including phenoxy) is 2. The van der Waals surface area contributed by atoms with E-state index in [1.165, 1.54) is 12.4 Å². The third-order valence-electron chi connectivity index (χ3n) is 6.20. The van der Waals surface area contributed by atoms with Crippen molar-refractivity contribution < 1.29 is 27.4 Å². The van der Waals surface area contributed by atoms with Crippen LogP contribution >= 0.6 is 0 Å². The standard InChI is InChI=1S/C28H23F3N6O3/c1-16-4-5-17(27(38)35-18-6-11-24(40-3)22(13-18)28(29,30)31)12-23(16)36-25-21-14-34-37(26(21)33-15-32-25)19-7-9-20(39-2)10-8-19/h4-15H,1-3H3,(H,35,38)(H,32,33,36). The van der Waals surface area contributed by atoms with Crippen molar-refractivity contribution >= 4 is 34.1 Å². The Bertz CT molecular complexity index is 1700. The van der Waals surface area contributed by atoms with Gasteiger partial charge in [0.25, 0.3) is 5.91 Å². The Morgan fingerprint density at radius 3 is 2.42 bits per heavy atom. The maximum absolute atomic E-state index is 13.4. The van der Waals surface area contributed by atoms with Crippen LogP contribution in [0.1, 0.15) is 21.5 Å². The first-order valence-corrected chi connectivity index (χ1v) is 12.0. The zero-order valence-corrected chi connectivity index (χ0v) is 21.6. The second-order valence-electron chi connectivity index (χ2n) is 8.74. The number of hydrogen-bond acceptors (Lipinski definition) is 7. The predicted octanol–water partition coefficient (Wildman–Crippen LogP) is 6.16. The number of methoxy groups -OCH3 is 2. The van der Waals surface area contributed by atoms with E-state index >= 15 is 0 Å². The molecule has 5 rings (SSSR count). The van der Waals surface area contributed by atoms with Crippen LogP contribution in [0.2, 0.25) is 0 Å². The van der Waals surface area contributed by atoms with E-state index in [1.54, 1.807) is 36.2 Å². The summed E-state index contributed by atoms with van der Waals surface area (Å²) in [5.41, 5.74) is 1.97. The molecule has 0 unspecified atom stereocenters. The SMILES string of the molecule is COc1ccc(-n2ncc3c(Nc4cc(C(=O)Nc5ccc(OC)c(C(F)(F)F)c5)ccc4C)ncnc32)cc1. The highest BCUT2D eigenvalue weighted by molar-refractivity contribution is 6.05. The van der Waals surface area contributed by atoms with E-state index in [2.05, 4.69) is 25.7 Å². The summed E-state index contributed by atoms with van der Waals surface area (Å²) >= 11 is 0. The van der Waals surface area contributed by atoms with Crippen LogP contribution < -0.4 is 20.1 Å². The molecule has 9 nitrogen and oxygen atoms in total. The van der Waals surface area contributed by atoms with Crippen molar-refractivity contribution in [2.75, 3.05) is 24.9 Å². The molecule has 204 valence electrons. The molecule has 0 aliphatic rings. The molecule has 0 fully saturated rings. The Balaban J connectivity index is 1.41. The number of nitrogens with zero attached hydrogens (tertiary/aromatic N) is 4. The minimum Gasteiger partial charge on any atom is -0.497 e. The molecule has 40 heavy (non-hydrogen) atoms. The van der Waals surface area contributed by atoms with Gasteiger partial charge < -0.3 is 20.1 Å². The van der Waals surface area contributed by atoms with Crippen LogP contribution in [0.15, 0.2) is 73.2 Å². The van der Waals surface area contributed by atoms with Crippen LogP contribution in [-0.2, 0) is 6.18 Å². The van der Waals surface area contributed by atoms with Gasteiger partial charge >= 0.3 is 6.18 Å². The molecular formula is C28H23F3N6O3. The zero-order valence-electron chi connectivity index (χ0n) is 21.6. The van der Waals surface area contributed by atoms with Gasteiger partial charge in [0.15, 0.2) is 5.65 Å². The van der Waals surface area contributed by atoms with E-state index in [0.29, 0.717) is 28.3 Å². The van der Waals surface area contributed by atoms with E-state index in [1.807, 2.05) is 31.2 Å². The molecule has 0 atom stereocenters. The fourth-order valence-corrected chi connectivity index (χ4v) is 4.09. The molecular weight excluding hydrogens is 525 g/mol. The number of carbonyl (C=O) groups is 1. The Morgan fingerprint density at radius 2 is 1.73 bits per heavy atom. The summed E-state index contributed by atoms with van der Waals surface area (Å²) in [6.07, 6.45) is -1.60. The van der Waals surface area contributed by atoms with E-state index in [4.69, 9.17) is 9.47 Å². The number of hydrogen-bond donors (Lipinski definition) is 2. The molecule has 2 N–H and O–H groups in total. The van der Waals surface area contributed by atoms with Crippen LogP contribution in [-0.4, -0.2) is 39.9 Å². The number of alkyl halides is 3. The molecule has 12 heteroatoms. The molecule has 0 aliphatic carbocycles. The molecule has 3 aromatic carbocycles. The second-order valence-corrected chi connectivity index (χ2v) is 8.74. The maximum Gasteiger partial charge on any atom is 0.420 e. The van der Waals surface area contributed by atoms with Gasteiger partial charge in [0, 0.05) is 16.9 Å². The lowest BCUT2D eigenvalue weighted by Crippen LogP contribution is -2.14. The second kappa shape index (κ2) is 10.6. The zero-order chi connectivity index (χ0) is 28.4. The molecule has 1 amide bonds.